The minimum atomic E-state index is -0.0884. The number of carbonyl (C=O) groups excluding carboxylic acids is 1. The minimum absolute atomic E-state index is 0.0884. The molecule has 136 valence electrons. The fourth-order valence-corrected chi connectivity index (χ4v) is 3.37. The number of nitrogens with one attached hydrogen (secondary N) is 1. The second kappa shape index (κ2) is 7.78. The van der Waals surface area contributed by atoms with E-state index in [1.165, 1.54) is 0 Å². The van der Waals surface area contributed by atoms with E-state index in [0.717, 1.165) is 27.8 Å². The molecule has 0 fully saturated rings. The molecule has 1 aromatic carbocycles. The van der Waals surface area contributed by atoms with E-state index in [9.17, 15) is 4.79 Å². The van der Waals surface area contributed by atoms with Gasteiger partial charge in [-0.1, -0.05) is 23.9 Å². The maximum atomic E-state index is 12.4. The average molecular weight is 369 g/mol. The SMILES string of the molecule is CSc1ncc(CNC(=O)c2ccc(Cn3nc(C)cc3C)cc2)n1C. The summed E-state index contributed by atoms with van der Waals surface area (Å²) in [6.07, 6.45) is 3.78. The van der Waals surface area contributed by atoms with Crippen LogP contribution in [0.3, 0.4) is 0 Å². The molecule has 2 heterocycles. The number of carbonyl (C=O) groups is 1. The van der Waals surface area contributed by atoms with Crippen molar-refractivity contribution in [1.82, 2.24) is 24.6 Å². The van der Waals surface area contributed by atoms with Gasteiger partial charge in [0.05, 0.1) is 30.7 Å². The molecule has 3 rings (SSSR count). The molecule has 0 spiro atoms. The molecule has 3 aromatic rings. The topological polar surface area (TPSA) is 64.7 Å². The van der Waals surface area contributed by atoms with E-state index in [0.29, 0.717) is 18.7 Å². The smallest absolute Gasteiger partial charge is 0.251 e. The average Bonchev–Trinajstić information content (AvgIpc) is 3.14. The predicted molar refractivity (Wildman–Crippen MR) is 103 cm³/mol. The maximum absolute atomic E-state index is 12.4. The van der Waals surface area contributed by atoms with E-state index in [1.54, 1.807) is 18.0 Å². The monoisotopic (exact) mass is 369 g/mol. The summed E-state index contributed by atoms with van der Waals surface area (Å²) in [6.45, 7) is 5.19. The molecular weight excluding hydrogens is 346 g/mol. The van der Waals surface area contributed by atoms with Crippen molar-refractivity contribution in [3.05, 3.63) is 64.7 Å². The first-order valence-corrected chi connectivity index (χ1v) is 9.63. The second-order valence-electron chi connectivity index (χ2n) is 6.26. The van der Waals surface area contributed by atoms with E-state index in [2.05, 4.69) is 21.5 Å². The van der Waals surface area contributed by atoms with Crippen molar-refractivity contribution in [3.63, 3.8) is 0 Å². The molecular formula is C19H23N5OS. The van der Waals surface area contributed by atoms with Crippen LogP contribution in [0.15, 0.2) is 41.7 Å². The Kier molecular flexibility index (Phi) is 5.46. The van der Waals surface area contributed by atoms with Crippen LogP contribution in [0.2, 0.25) is 0 Å². The lowest BCUT2D eigenvalue weighted by atomic mass is 10.1. The Bertz CT molecular complexity index is 911. The molecule has 26 heavy (non-hydrogen) atoms. The summed E-state index contributed by atoms with van der Waals surface area (Å²) in [5.41, 5.74) is 4.88. The van der Waals surface area contributed by atoms with Gasteiger partial charge in [-0.25, -0.2) is 4.98 Å². The fraction of sp³-hybridized carbons (Fsp3) is 0.316. The Morgan fingerprint density at radius 2 is 1.96 bits per heavy atom. The predicted octanol–water partition coefficient (Wildman–Crippen LogP) is 2.93. The summed E-state index contributed by atoms with van der Waals surface area (Å²) in [5.74, 6) is -0.0884. The number of rotatable bonds is 6. The van der Waals surface area contributed by atoms with Crippen LogP contribution in [0, 0.1) is 13.8 Å². The van der Waals surface area contributed by atoms with Gasteiger partial charge < -0.3 is 9.88 Å². The van der Waals surface area contributed by atoms with E-state index >= 15 is 0 Å². The van der Waals surface area contributed by atoms with Crippen LogP contribution in [0.1, 0.15) is 33.0 Å². The number of hydrogen-bond acceptors (Lipinski definition) is 4. The Balaban J connectivity index is 1.61. The molecule has 0 aliphatic rings. The molecule has 6 nitrogen and oxygen atoms in total. The van der Waals surface area contributed by atoms with Crippen LogP contribution in [0.4, 0.5) is 0 Å². The molecule has 2 aromatic heterocycles. The number of hydrogen-bond donors (Lipinski definition) is 1. The van der Waals surface area contributed by atoms with Gasteiger partial charge in [0, 0.05) is 18.3 Å². The highest BCUT2D eigenvalue weighted by atomic mass is 32.2. The van der Waals surface area contributed by atoms with Gasteiger partial charge in [-0.3, -0.25) is 9.48 Å². The fourth-order valence-electron chi connectivity index (χ4n) is 2.82. The van der Waals surface area contributed by atoms with Crippen molar-refractivity contribution < 1.29 is 4.79 Å². The summed E-state index contributed by atoms with van der Waals surface area (Å²) in [7, 11) is 1.95. The van der Waals surface area contributed by atoms with Gasteiger partial charge in [-0.15, -0.1) is 0 Å². The number of benzene rings is 1. The third-order valence-corrected chi connectivity index (χ3v) is 5.05. The maximum Gasteiger partial charge on any atom is 0.251 e. The molecule has 1 N–H and O–H groups in total. The first-order valence-electron chi connectivity index (χ1n) is 8.40. The van der Waals surface area contributed by atoms with Crippen molar-refractivity contribution in [2.75, 3.05) is 6.26 Å². The highest BCUT2D eigenvalue weighted by Crippen LogP contribution is 2.14. The largest absolute Gasteiger partial charge is 0.346 e. The number of aryl methyl sites for hydroxylation is 2. The molecule has 0 atom stereocenters. The molecule has 0 saturated heterocycles. The van der Waals surface area contributed by atoms with E-state index in [4.69, 9.17) is 0 Å². The summed E-state index contributed by atoms with van der Waals surface area (Å²) >= 11 is 1.58. The Morgan fingerprint density at radius 3 is 2.54 bits per heavy atom. The number of amides is 1. The van der Waals surface area contributed by atoms with Crippen molar-refractivity contribution >= 4 is 17.7 Å². The van der Waals surface area contributed by atoms with Crippen molar-refractivity contribution in [2.24, 2.45) is 7.05 Å². The van der Waals surface area contributed by atoms with Gasteiger partial charge in [0.2, 0.25) is 0 Å². The van der Waals surface area contributed by atoms with E-state index in [-0.39, 0.29) is 5.91 Å². The standard InChI is InChI=1S/C19H23N5OS/c1-13-9-14(2)24(22-13)12-15-5-7-16(8-6-15)18(25)20-10-17-11-21-19(26-4)23(17)3/h5-9,11H,10,12H2,1-4H3,(H,20,25). The first kappa shape index (κ1) is 18.3. The Hall–Kier alpha value is -2.54. The lowest BCUT2D eigenvalue weighted by molar-refractivity contribution is 0.0950. The number of nitrogens with zero attached hydrogens (tertiary/aromatic N) is 4. The minimum Gasteiger partial charge on any atom is -0.346 e. The van der Waals surface area contributed by atoms with Crippen LogP contribution in [-0.2, 0) is 20.1 Å². The molecule has 0 unspecified atom stereocenters. The third-order valence-electron chi connectivity index (χ3n) is 4.31. The van der Waals surface area contributed by atoms with Crippen LogP contribution in [0.5, 0.6) is 0 Å². The summed E-state index contributed by atoms with van der Waals surface area (Å²) < 4.78 is 3.96. The van der Waals surface area contributed by atoms with Gasteiger partial charge >= 0.3 is 0 Å². The summed E-state index contributed by atoms with van der Waals surface area (Å²) in [5, 5.41) is 8.35. The molecule has 0 aliphatic heterocycles. The molecule has 0 radical (unpaired) electrons. The van der Waals surface area contributed by atoms with Gasteiger partial charge in [0.25, 0.3) is 5.91 Å². The van der Waals surface area contributed by atoms with Crippen LogP contribution >= 0.6 is 11.8 Å². The molecule has 0 aliphatic carbocycles. The van der Waals surface area contributed by atoms with Gasteiger partial charge in [-0.05, 0) is 43.9 Å². The summed E-state index contributed by atoms with van der Waals surface area (Å²) in [6, 6.07) is 9.71. The summed E-state index contributed by atoms with van der Waals surface area (Å²) in [4.78, 5) is 16.7. The highest BCUT2D eigenvalue weighted by Gasteiger charge is 2.09. The molecule has 1 amide bonds. The van der Waals surface area contributed by atoms with Crippen molar-refractivity contribution in [1.29, 1.82) is 0 Å². The number of aromatic nitrogens is 4. The van der Waals surface area contributed by atoms with Gasteiger partial charge in [0.15, 0.2) is 5.16 Å². The van der Waals surface area contributed by atoms with Crippen molar-refractivity contribution in [3.8, 4) is 0 Å². The zero-order valence-electron chi connectivity index (χ0n) is 15.5. The highest BCUT2D eigenvalue weighted by molar-refractivity contribution is 7.98. The normalized spacial score (nSPS) is 10.9. The van der Waals surface area contributed by atoms with Crippen LogP contribution < -0.4 is 5.32 Å². The lowest BCUT2D eigenvalue weighted by Gasteiger charge is -2.08. The Labute approximate surface area is 157 Å². The second-order valence-corrected chi connectivity index (χ2v) is 7.03. The van der Waals surface area contributed by atoms with Gasteiger partial charge in [-0.2, -0.15) is 5.10 Å². The van der Waals surface area contributed by atoms with E-state index in [1.807, 2.05) is 60.7 Å². The van der Waals surface area contributed by atoms with Crippen LogP contribution in [0.25, 0.3) is 0 Å². The molecule has 7 heteroatoms. The quantitative estimate of drug-likeness (QED) is 0.679. The lowest BCUT2D eigenvalue weighted by Crippen LogP contribution is -2.24. The third kappa shape index (κ3) is 3.99. The molecule has 0 saturated carbocycles. The number of imidazole rings is 1. The molecule has 0 bridgehead atoms. The van der Waals surface area contributed by atoms with E-state index < -0.39 is 0 Å². The number of thioether (sulfide) groups is 1. The zero-order chi connectivity index (χ0) is 18.7. The van der Waals surface area contributed by atoms with Crippen LogP contribution in [-0.4, -0.2) is 31.5 Å². The van der Waals surface area contributed by atoms with Crippen molar-refractivity contribution in [2.45, 2.75) is 32.1 Å². The first-order chi connectivity index (χ1) is 12.5. The van der Waals surface area contributed by atoms with Gasteiger partial charge in [0.1, 0.15) is 0 Å². The Morgan fingerprint density at radius 1 is 1.23 bits per heavy atom. The zero-order valence-corrected chi connectivity index (χ0v) is 16.3.